The molecule has 0 fully saturated rings. The highest BCUT2D eigenvalue weighted by atomic mass is 15.4. The molecule has 4 heteroatoms. The molecule has 3 heterocycles. The van der Waals surface area contributed by atoms with Crippen LogP contribution in [0.2, 0.25) is 0 Å². The molecule has 1 unspecified atom stereocenters. The lowest BCUT2D eigenvalue weighted by atomic mass is 9.92. The molecule has 2 aromatic heterocycles. The smallest absolute Gasteiger partial charge is 0.125 e. The Kier molecular flexibility index (Phi) is 2.81. The zero-order valence-electron chi connectivity index (χ0n) is 11.7. The van der Waals surface area contributed by atoms with E-state index in [1.807, 2.05) is 18.5 Å². The van der Waals surface area contributed by atoms with Crippen molar-refractivity contribution in [2.75, 3.05) is 11.9 Å². The van der Waals surface area contributed by atoms with Gasteiger partial charge >= 0.3 is 0 Å². The first-order valence-corrected chi connectivity index (χ1v) is 6.79. The van der Waals surface area contributed by atoms with Crippen molar-refractivity contribution in [3.63, 3.8) is 0 Å². The molecule has 0 aromatic carbocycles. The van der Waals surface area contributed by atoms with Crippen molar-refractivity contribution >= 4 is 5.82 Å². The van der Waals surface area contributed by atoms with E-state index in [1.165, 1.54) is 5.56 Å². The van der Waals surface area contributed by atoms with Gasteiger partial charge in [0.15, 0.2) is 0 Å². The van der Waals surface area contributed by atoms with Crippen LogP contribution in [0.1, 0.15) is 44.5 Å². The average molecular weight is 256 g/mol. The number of aromatic nitrogens is 3. The van der Waals surface area contributed by atoms with Crippen LogP contribution in [-0.2, 0) is 5.41 Å². The molecule has 1 aliphatic heterocycles. The first-order chi connectivity index (χ1) is 9.05. The molecule has 19 heavy (non-hydrogen) atoms. The van der Waals surface area contributed by atoms with Crippen molar-refractivity contribution in [1.82, 2.24) is 14.8 Å². The van der Waals surface area contributed by atoms with Crippen molar-refractivity contribution in [3.8, 4) is 0 Å². The number of fused-ring (bicyclic) bond motifs is 1. The number of hydrogen-bond acceptors (Lipinski definition) is 3. The van der Waals surface area contributed by atoms with Gasteiger partial charge in [-0.05, 0) is 18.1 Å². The van der Waals surface area contributed by atoms with Gasteiger partial charge in [-0.25, -0.2) is 4.68 Å². The monoisotopic (exact) mass is 256 g/mol. The minimum Gasteiger partial charge on any atom is -0.370 e. The molecule has 0 saturated heterocycles. The summed E-state index contributed by atoms with van der Waals surface area (Å²) in [6, 6.07) is 6.58. The molecule has 0 amide bonds. The highest BCUT2D eigenvalue weighted by Crippen LogP contribution is 2.32. The van der Waals surface area contributed by atoms with Gasteiger partial charge in [0.1, 0.15) is 5.82 Å². The van der Waals surface area contributed by atoms with Crippen LogP contribution in [-0.4, -0.2) is 21.3 Å². The molecule has 0 bridgehead atoms. The van der Waals surface area contributed by atoms with Crippen molar-refractivity contribution in [2.24, 2.45) is 0 Å². The molecule has 0 aliphatic carbocycles. The van der Waals surface area contributed by atoms with Gasteiger partial charge in [0, 0.05) is 30.4 Å². The van der Waals surface area contributed by atoms with E-state index in [-0.39, 0.29) is 5.41 Å². The summed E-state index contributed by atoms with van der Waals surface area (Å²) in [6.07, 6.45) is 4.80. The molecule has 3 rings (SSSR count). The Morgan fingerprint density at radius 3 is 2.89 bits per heavy atom. The van der Waals surface area contributed by atoms with Crippen LogP contribution >= 0.6 is 0 Å². The van der Waals surface area contributed by atoms with Gasteiger partial charge in [-0.3, -0.25) is 4.98 Å². The summed E-state index contributed by atoms with van der Waals surface area (Å²) >= 11 is 0. The third-order valence-electron chi connectivity index (χ3n) is 3.59. The van der Waals surface area contributed by atoms with Crippen molar-refractivity contribution in [2.45, 2.75) is 38.6 Å². The summed E-state index contributed by atoms with van der Waals surface area (Å²) in [5, 5.41) is 8.24. The average Bonchev–Trinajstić information content (AvgIpc) is 2.83. The van der Waals surface area contributed by atoms with E-state index in [0.717, 1.165) is 24.5 Å². The molecule has 1 N–H and O–H groups in total. The molecule has 1 atom stereocenters. The number of rotatable bonds is 1. The van der Waals surface area contributed by atoms with Gasteiger partial charge < -0.3 is 5.32 Å². The molecule has 4 nitrogen and oxygen atoms in total. The Balaban J connectivity index is 2.03. The first-order valence-electron chi connectivity index (χ1n) is 6.79. The molecular weight excluding hydrogens is 236 g/mol. The Morgan fingerprint density at radius 2 is 2.21 bits per heavy atom. The molecule has 0 saturated carbocycles. The van der Waals surface area contributed by atoms with Crippen LogP contribution in [0.4, 0.5) is 5.82 Å². The van der Waals surface area contributed by atoms with E-state index in [2.05, 4.69) is 47.9 Å². The van der Waals surface area contributed by atoms with Gasteiger partial charge in [0.25, 0.3) is 0 Å². The highest BCUT2D eigenvalue weighted by Gasteiger charge is 2.26. The fourth-order valence-electron chi connectivity index (χ4n) is 2.47. The largest absolute Gasteiger partial charge is 0.370 e. The highest BCUT2D eigenvalue weighted by molar-refractivity contribution is 5.42. The normalized spacial score (nSPS) is 18.8. The molecule has 0 radical (unpaired) electrons. The maximum absolute atomic E-state index is 4.81. The Labute approximate surface area is 113 Å². The topological polar surface area (TPSA) is 42.7 Å². The zero-order valence-corrected chi connectivity index (χ0v) is 11.7. The van der Waals surface area contributed by atoms with Crippen LogP contribution in [0.3, 0.4) is 0 Å². The van der Waals surface area contributed by atoms with E-state index < -0.39 is 0 Å². The zero-order chi connectivity index (χ0) is 13.5. The molecular formula is C15H20N4. The SMILES string of the molecule is CC(C)(C)c1cc2n(n1)C(c1cccnc1)CCN2. The van der Waals surface area contributed by atoms with Crippen molar-refractivity contribution in [3.05, 3.63) is 41.9 Å². The second-order valence-electron chi connectivity index (χ2n) is 6.13. The van der Waals surface area contributed by atoms with Gasteiger partial charge in [-0.15, -0.1) is 0 Å². The minimum atomic E-state index is 0.0749. The lowest BCUT2D eigenvalue weighted by molar-refractivity contribution is 0.461. The first kappa shape index (κ1) is 12.2. The molecule has 1 aliphatic rings. The van der Waals surface area contributed by atoms with Crippen molar-refractivity contribution < 1.29 is 0 Å². The number of nitrogens with zero attached hydrogens (tertiary/aromatic N) is 3. The summed E-state index contributed by atoms with van der Waals surface area (Å²) in [5.74, 6) is 1.12. The summed E-state index contributed by atoms with van der Waals surface area (Å²) in [7, 11) is 0. The van der Waals surface area contributed by atoms with E-state index in [0.29, 0.717) is 6.04 Å². The standard InChI is InChI=1S/C15H20N4/c1-15(2,3)13-9-14-17-8-6-12(19(14)18-13)11-5-4-7-16-10-11/h4-5,7,9-10,12,17H,6,8H2,1-3H3. The van der Waals surface area contributed by atoms with E-state index in [1.54, 1.807) is 0 Å². The third-order valence-corrected chi connectivity index (χ3v) is 3.59. The maximum Gasteiger partial charge on any atom is 0.125 e. The quantitative estimate of drug-likeness (QED) is 0.853. The molecule has 100 valence electrons. The number of hydrogen-bond donors (Lipinski definition) is 1. The lowest BCUT2D eigenvalue weighted by Gasteiger charge is -2.25. The van der Waals surface area contributed by atoms with Gasteiger partial charge in [-0.2, -0.15) is 5.10 Å². The van der Waals surface area contributed by atoms with Gasteiger partial charge in [0.2, 0.25) is 0 Å². The van der Waals surface area contributed by atoms with Gasteiger partial charge in [-0.1, -0.05) is 26.8 Å². The predicted molar refractivity (Wildman–Crippen MR) is 76.4 cm³/mol. The van der Waals surface area contributed by atoms with Crippen LogP contribution in [0, 0.1) is 0 Å². The maximum atomic E-state index is 4.81. The summed E-state index contributed by atoms with van der Waals surface area (Å²) in [4.78, 5) is 4.23. The van der Waals surface area contributed by atoms with E-state index in [9.17, 15) is 0 Å². The van der Waals surface area contributed by atoms with Crippen LogP contribution < -0.4 is 5.32 Å². The Hall–Kier alpha value is -1.84. The fraction of sp³-hybridized carbons (Fsp3) is 0.467. The summed E-state index contributed by atoms with van der Waals surface area (Å²) in [6.45, 7) is 7.57. The summed E-state index contributed by atoms with van der Waals surface area (Å²) in [5.41, 5.74) is 2.44. The number of anilines is 1. The van der Waals surface area contributed by atoms with Crippen LogP contribution in [0.5, 0.6) is 0 Å². The minimum absolute atomic E-state index is 0.0749. The van der Waals surface area contributed by atoms with Crippen LogP contribution in [0.15, 0.2) is 30.6 Å². The predicted octanol–water partition coefficient (Wildman–Crippen LogP) is 2.98. The third kappa shape index (κ3) is 2.23. The molecule has 2 aromatic rings. The lowest BCUT2D eigenvalue weighted by Crippen LogP contribution is -2.24. The van der Waals surface area contributed by atoms with E-state index in [4.69, 9.17) is 5.10 Å². The van der Waals surface area contributed by atoms with Crippen molar-refractivity contribution in [1.29, 1.82) is 0 Å². The Morgan fingerprint density at radius 1 is 1.37 bits per heavy atom. The summed E-state index contributed by atoms with van der Waals surface area (Å²) < 4.78 is 2.11. The van der Waals surface area contributed by atoms with E-state index >= 15 is 0 Å². The number of nitrogens with one attached hydrogen (secondary N) is 1. The number of pyridine rings is 1. The van der Waals surface area contributed by atoms with Gasteiger partial charge in [0.05, 0.1) is 11.7 Å². The molecule has 0 spiro atoms. The van der Waals surface area contributed by atoms with Crippen LogP contribution in [0.25, 0.3) is 0 Å². The fourth-order valence-corrected chi connectivity index (χ4v) is 2.47. The second-order valence-corrected chi connectivity index (χ2v) is 6.13. The second kappa shape index (κ2) is 4.37. The Bertz CT molecular complexity index is 566.